The topological polar surface area (TPSA) is 132 Å². The third kappa shape index (κ3) is 4.53. The van der Waals surface area contributed by atoms with E-state index in [0.717, 1.165) is 18.6 Å². The number of nitrogen functional groups attached to an aromatic ring is 1. The predicted molar refractivity (Wildman–Crippen MR) is 123 cm³/mol. The van der Waals surface area contributed by atoms with E-state index < -0.39 is 20.7 Å². The highest BCUT2D eigenvalue weighted by Crippen LogP contribution is 2.32. The Bertz CT molecular complexity index is 1400. The van der Waals surface area contributed by atoms with Crippen LogP contribution in [0, 0.1) is 5.82 Å². The molecule has 9 nitrogen and oxygen atoms in total. The van der Waals surface area contributed by atoms with Crippen LogP contribution in [0.25, 0.3) is 22.2 Å². The Morgan fingerprint density at radius 2 is 1.91 bits per heavy atom. The molecule has 172 valence electrons. The first-order chi connectivity index (χ1) is 15.8. The number of ether oxygens (including phenoxy) is 2. The molecular weight excluding hydrogens is 449 g/mol. The van der Waals surface area contributed by atoms with Gasteiger partial charge in [-0.1, -0.05) is 19.1 Å². The highest BCUT2D eigenvalue weighted by atomic mass is 32.2. The molecule has 0 unspecified atom stereocenters. The fourth-order valence-electron chi connectivity index (χ4n) is 3.22. The molecular formula is C22H22FN5O4S. The van der Waals surface area contributed by atoms with E-state index in [-0.39, 0.29) is 11.4 Å². The van der Waals surface area contributed by atoms with Crippen molar-refractivity contribution in [1.29, 1.82) is 0 Å². The molecule has 0 spiro atoms. The monoisotopic (exact) mass is 471 g/mol. The third-order valence-corrected chi connectivity index (χ3v) is 6.24. The molecule has 0 saturated carbocycles. The molecule has 4 rings (SSSR count). The summed E-state index contributed by atoms with van der Waals surface area (Å²) in [4.78, 5) is 4.05. The molecule has 0 aliphatic heterocycles. The van der Waals surface area contributed by atoms with Crippen molar-refractivity contribution in [1.82, 2.24) is 15.2 Å². The van der Waals surface area contributed by atoms with Crippen LogP contribution in [0.4, 0.5) is 15.9 Å². The van der Waals surface area contributed by atoms with Gasteiger partial charge in [0, 0.05) is 17.3 Å². The lowest BCUT2D eigenvalue weighted by Crippen LogP contribution is -2.14. The average Bonchev–Trinajstić information content (AvgIpc) is 3.18. The van der Waals surface area contributed by atoms with E-state index in [1.165, 1.54) is 13.2 Å². The van der Waals surface area contributed by atoms with E-state index in [1.807, 2.05) is 6.92 Å². The Morgan fingerprint density at radius 1 is 1.15 bits per heavy atom. The van der Waals surface area contributed by atoms with E-state index in [0.29, 0.717) is 40.5 Å². The standard InChI is InChI=1S/C22H22FN5O4S/c1-3-10-32-22-20-18(26-27-21(20)24)12-17(25-22)13-4-6-14(7-5-13)28-33(29,30)19-11-15(31-2)8-9-16(19)23/h4-9,11-12,28H,3,10H2,1-2H3,(H3,24,26,27). The smallest absolute Gasteiger partial charge is 0.264 e. The van der Waals surface area contributed by atoms with Gasteiger partial charge in [-0.05, 0) is 36.8 Å². The van der Waals surface area contributed by atoms with Crippen molar-refractivity contribution >= 4 is 32.4 Å². The van der Waals surface area contributed by atoms with Crippen LogP contribution in [0.15, 0.2) is 53.4 Å². The quantitative estimate of drug-likeness (QED) is 0.354. The zero-order valence-corrected chi connectivity index (χ0v) is 18.7. The predicted octanol–water partition coefficient (Wildman–Crippen LogP) is 3.94. The van der Waals surface area contributed by atoms with E-state index in [2.05, 4.69) is 19.9 Å². The highest BCUT2D eigenvalue weighted by molar-refractivity contribution is 7.92. The minimum atomic E-state index is -4.16. The maximum absolute atomic E-state index is 14.1. The molecule has 2 heterocycles. The number of nitrogens with one attached hydrogen (secondary N) is 2. The zero-order valence-electron chi connectivity index (χ0n) is 17.9. The molecule has 0 saturated heterocycles. The van der Waals surface area contributed by atoms with Crippen LogP contribution in [0.2, 0.25) is 0 Å². The summed E-state index contributed by atoms with van der Waals surface area (Å²) in [6, 6.07) is 11.8. The second-order valence-electron chi connectivity index (χ2n) is 7.17. The van der Waals surface area contributed by atoms with Crippen molar-refractivity contribution in [3.8, 4) is 22.9 Å². The summed E-state index contributed by atoms with van der Waals surface area (Å²) in [7, 11) is -2.79. The van der Waals surface area contributed by atoms with E-state index >= 15 is 0 Å². The van der Waals surface area contributed by atoms with Gasteiger partial charge >= 0.3 is 0 Å². The van der Waals surface area contributed by atoms with Crippen molar-refractivity contribution < 1.29 is 22.3 Å². The number of rotatable bonds is 8. The van der Waals surface area contributed by atoms with Crippen molar-refractivity contribution in [3.05, 3.63) is 54.3 Å². The minimum absolute atomic E-state index is 0.231. The van der Waals surface area contributed by atoms with Crippen molar-refractivity contribution in [2.75, 3.05) is 24.2 Å². The molecule has 0 radical (unpaired) electrons. The van der Waals surface area contributed by atoms with E-state index in [9.17, 15) is 12.8 Å². The van der Waals surface area contributed by atoms with Crippen LogP contribution in [0.5, 0.6) is 11.6 Å². The van der Waals surface area contributed by atoms with Gasteiger partial charge in [-0.2, -0.15) is 5.10 Å². The van der Waals surface area contributed by atoms with Crippen molar-refractivity contribution in [2.24, 2.45) is 0 Å². The van der Waals surface area contributed by atoms with E-state index in [4.69, 9.17) is 15.2 Å². The largest absolute Gasteiger partial charge is 0.497 e. The molecule has 2 aromatic heterocycles. The number of anilines is 2. The number of sulfonamides is 1. The fourth-order valence-corrected chi connectivity index (χ4v) is 4.37. The average molecular weight is 472 g/mol. The normalized spacial score (nSPS) is 11.5. The number of hydrogen-bond donors (Lipinski definition) is 3. The van der Waals surface area contributed by atoms with Gasteiger partial charge in [0.1, 0.15) is 21.8 Å². The minimum Gasteiger partial charge on any atom is -0.497 e. The molecule has 0 aliphatic carbocycles. The number of nitrogens with zero attached hydrogens (tertiary/aromatic N) is 2. The maximum Gasteiger partial charge on any atom is 0.264 e. The molecule has 2 aromatic carbocycles. The van der Waals surface area contributed by atoms with Gasteiger partial charge < -0.3 is 15.2 Å². The number of hydrogen-bond acceptors (Lipinski definition) is 7. The zero-order chi connectivity index (χ0) is 23.6. The first-order valence-corrected chi connectivity index (χ1v) is 11.5. The van der Waals surface area contributed by atoms with Crippen molar-refractivity contribution in [3.63, 3.8) is 0 Å². The van der Waals surface area contributed by atoms with Crippen LogP contribution in [0.3, 0.4) is 0 Å². The number of halogens is 1. The van der Waals surface area contributed by atoms with Gasteiger partial charge in [0.15, 0.2) is 5.82 Å². The maximum atomic E-state index is 14.1. The molecule has 4 N–H and O–H groups in total. The Kier molecular flexibility index (Phi) is 6.05. The number of H-pyrrole nitrogens is 1. The summed E-state index contributed by atoms with van der Waals surface area (Å²) in [6.07, 6.45) is 0.799. The summed E-state index contributed by atoms with van der Waals surface area (Å²) < 4.78 is 52.6. The van der Waals surface area contributed by atoms with Gasteiger partial charge in [-0.3, -0.25) is 9.82 Å². The Morgan fingerprint density at radius 3 is 2.61 bits per heavy atom. The lowest BCUT2D eigenvalue weighted by molar-refractivity contribution is 0.310. The third-order valence-electron chi connectivity index (χ3n) is 4.84. The molecule has 11 heteroatoms. The van der Waals surface area contributed by atoms with Gasteiger partial charge in [0.25, 0.3) is 10.0 Å². The van der Waals surface area contributed by atoms with E-state index in [1.54, 1.807) is 30.3 Å². The highest BCUT2D eigenvalue weighted by Gasteiger charge is 2.20. The molecule has 0 amide bonds. The lowest BCUT2D eigenvalue weighted by atomic mass is 10.1. The number of nitrogens with two attached hydrogens (primary N) is 1. The number of aromatic amines is 1. The summed E-state index contributed by atoms with van der Waals surface area (Å²) in [6.45, 7) is 2.45. The first kappa shape index (κ1) is 22.3. The van der Waals surface area contributed by atoms with Crippen LogP contribution in [0.1, 0.15) is 13.3 Å². The summed E-state index contributed by atoms with van der Waals surface area (Å²) in [5.74, 6) is 0.0172. The molecule has 4 aromatic rings. The Balaban J connectivity index is 1.63. The summed E-state index contributed by atoms with van der Waals surface area (Å²) in [5.41, 5.74) is 8.16. The van der Waals surface area contributed by atoms with Crippen LogP contribution in [-0.4, -0.2) is 37.3 Å². The van der Waals surface area contributed by atoms with Gasteiger partial charge in [-0.25, -0.2) is 17.8 Å². The SMILES string of the molecule is CCCOc1nc(-c2ccc(NS(=O)(=O)c3cc(OC)ccc3F)cc2)cc2[nH]nc(N)c12. The molecule has 0 bridgehead atoms. The van der Waals surface area contributed by atoms with Gasteiger partial charge in [0.2, 0.25) is 5.88 Å². The number of pyridine rings is 1. The van der Waals surface area contributed by atoms with Crippen molar-refractivity contribution in [2.45, 2.75) is 18.2 Å². The second-order valence-corrected chi connectivity index (χ2v) is 8.82. The number of aromatic nitrogens is 3. The molecule has 0 fully saturated rings. The van der Waals surface area contributed by atoms with Crippen LogP contribution in [-0.2, 0) is 10.0 Å². The first-order valence-electron chi connectivity index (χ1n) is 10.1. The number of fused-ring (bicyclic) bond motifs is 1. The second kappa shape index (κ2) is 8.94. The van der Waals surface area contributed by atoms with Gasteiger partial charge in [-0.15, -0.1) is 0 Å². The summed E-state index contributed by atoms with van der Waals surface area (Å²) in [5, 5.41) is 7.48. The Labute approximate surface area is 189 Å². The number of methoxy groups -OCH3 is 1. The lowest BCUT2D eigenvalue weighted by Gasteiger charge is -2.11. The van der Waals surface area contributed by atoms with Gasteiger partial charge in [0.05, 0.1) is 24.9 Å². The summed E-state index contributed by atoms with van der Waals surface area (Å²) >= 11 is 0. The molecule has 33 heavy (non-hydrogen) atoms. The Hall–Kier alpha value is -3.86. The number of benzene rings is 2. The molecule has 0 atom stereocenters. The van der Waals surface area contributed by atoms with Crippen LogP contribution >= 0.6 is 0 Å². The fraction of sp³-hybridized carbons (Fsp3) is 0.182. The van der Waals surface area contributed by atoms with Crippen LogP contribution < -0.4 is 19.9 Å². The molecule has 0 aliphatic rings.